The van der Waals surface area contributed by atoms with E-state index in [-0.39, 0.29) is 17.6 Å². The summed E-state index contributed by atoms with van der Waals surface area (Å²) in [7, 11) is 1.98. The number of ketones is 2. The van der Waals surface area contributed by atoms with E-state index in [9.17, 15) is 9.59 Å². The van der Waals surface area contributed by atoms with Crippen molar-refractivity contribution < 1.29 is 9.59 Å². The first-order chi connectivity index (χ1) is 14.1. The van der Waals surface area contributed by atoms with Gasteiger partial charge in [0.25, 0.3) is 0 Å². The van der Waals surface area contributed by atoms with Gasteiger partial charge in [-0.1, -0.05) is 84.4 Å². The third-order valence-corrected chi connectivity index (χ3v) is 5.95. The van der Waals surface area contributed by atoms with Crippen molar-refractivity contribution in [2.24, 2.45) is 11.8 Å². The van der Waals surface area contributed by atoms with Crippen LogP contribution in [0.5, 0.6) is 0 Å². The van der Waals surface area contributed by atoms with Crippen molar-refractivity contribution in [3.05, 3.63) is 107 Å². The van der Waals surface area contributed by atoms with E-state index < -0.39 is 11.8 Å². The zero-order valence-corrected chi connectivity index (χ0v) is 16.9. The number of nitrogens with zero attached hydrogens (tertiary/aromatic N) is 1. The van der Waals surface area contributed by atoms with Crippen LogP contribution in [-0.2, 0) is 0 Å². The average molecular weight is 404 g/mol. The van der Waals surface area contributed by atoms with Gasteiger partial charge in [-0.25, -0.2) is 0 Å². The first-order valence-electron chi connectivity index (χ1n) is 9.70. The third-order valence-electron chi connectivity index (χ3n) is 5.70. The minimum Gasteiger partial charge on any atom is -0.298 e. The van der Waals surface area contributed by atoms with Crippen LogP contribution in [0.25, 0.3) is 0 Å². The average Bonchev–Trinajstić information content (AvgIpc) is 3.11. The molecule has 0 aliphatic carbocycles. The van der Waals surface area contributed by atoms with Crippen molar-refractivity contribution in [3.63, 3.8) is 0 Å². The molecule has 1 saturated heterocycles. The Morgan fingerprint density at radius 1 is 0.793 bits per heavy atom. The standard InChI is InChI=1S/C25H22ClNO2/c1-27-16-21(24(28)18-8-4-2-5-9-18)22(25(29)19-10-6-3-7-11-19)23(27)17-12-14-20(26)15-13-17/h2-15,21-23H,16H2,1H3/t21-,22-,23+/m1/s1. The highest BCUT2D eigenvalue weighted by molar-refractivity contribution is 6.30. The summed E-state index contributed by atoms with van der Waals surface area (Å²) in [5, 5.41) is 0.650. The van der Waals surface area contributed by atoms with E-state index in [2.05, 4.69) is 4.90 Å². The van der Waals surface area contributed by atoms with Crippen LogP contribution in [0.3, 0.4) is 0 Å². The summed E-state index contributed by atoms with van der Waals surface area (Å²) in [6.45, 7) is 0.532. The summed E-state index contributed by atoms with van der Waals surface area (Å²) in [4.78, 5) is 29.1. The Bertz CT molecular complexity index is 1000. The molecule has 3 aromatic carbocycles. The molecule has 0 unspecified atom stereocenters. The molecule has 0 N–H and O–H groups in total. The summed E-state index contributed by atoms with van der Waals surface area (Å²) >= 11 is 6.07. The maximum Gasteiger partial charge on any atom is 0.168 e. The molecule has 29 heavy (non-hydrogen) atoms. The quantitative estimate of drug-likeness (QED) is 0.541. The van der Waals surface area contributed by atoms with Gasteiger partial charge in [0, 0.05) is 34.7 Å². The predicted molar refractivity (Wildman–Crippen MR) is 115 cm³/mol. The Hall–Kier alpha value is -2.75. The smallest absolute Gasteiger partial charge is 0.168 e. The molecule has 0 radical (unpaired) electrons. The Balaban J connectivity index is 1.77. The molecule has 4 rings (SSSR count). The van der Waals surface area contributed by atoms with Crippen LogP contribution in [0, 0.1) is 11.8 Å². The zero-order chi connectivity index (χ0) is 20.4. The first-order valence-corrected chi connectivity index (χ1v) is 10.1. The zero-order valence-electron chi connectivity index (χ0n) is 16.2. The minimum atomic E-state index is -0.462. The normalized spacial score (nSPS) is 21.8. The highest BCUT2D eigenvalue weighted by Gasteiger charge is 2.48. The highest BCUT2D eigenvalue weighted by atomic mass is 35.5. The van der Waals surface area contributed by atoms with Crippen LogP contribution in [0.4, 0.5) is 0 Å². The Kier molecular flexibility index (Phi) is 5.61. The maximum absolute atomic E-state index is 13.6. The lowest BCUT2D eigenvalue weighted by molar-refractivity contribution is 0.0785. The number of benzene rings is 3. The Morgan fingerprint density at radius 2 is 1.31 bits per heavy atom. The fourth-order valence-corrected chi connectivity index (χ4v) is 4.46. The van der Waals surface area contributed by atoms with Gasteiger partial charge < -0.3 is 0 Å². The van der Waals surface area contributed by atoms with Crippen LogP contribution >= 0.6 is 11.6 Å². The van der Waals surface area contributed by atoms with E-state index in [1.54, 1.807) is 0 Å². The fraction of sp³-hybridized carbons (Fsp3) is 0.200. The second-order valence-corrected chi connectivity index (χ2v) is 7.97. The third kappa shape index (κ3) is 3.89. The predicted octanol–water partition coefficient (Wildman–Crippen LogP) is 5.32. The molecule has 3 nitrogen and oxygen atoms in total. The number of likely N-dealkylation sites (tertiary alicyclic amines) is 1. The van der Waals surface area contributed by atoms with Gasteiger partial charge in [-0.2, -0.15) is 0 Å². The largest absolute Gasteiger partial charge is 0.298 e. The molecule has 1 aliphatic rings. The topological polar surface area (TPSA) is 37.4 Å². The van der Waals surface area contributed by atoms with E-state index in [0.29, 0.717) is 22.7 Å². The van der Waals surface area contributed by atoms with Crippen molar-refractivity contribution in [2.75, 3.05) is 13.6 Å². The second-order valence-electron chi connectivity index (χ2n) is 7.53. The van der Waals surface area contributed by atoms with Crippen LogP contribution in [0.1, 0.15) is 32.3 Å². The SMILES string of the molecule is CN1C[C@@H](C(=O)c2ccccc2)[C@@H](C(=O)c2ccccc2)[C@@H]1c1ccc(Cl)cc1. The van der Waals surface area contributed by atoms with E-state index in [1.807, 2.05) is 92.0 Å². The molecular formula is C25H22ClNO2. The van der Waals surface area contributed by atoms with E-state index in [4.69, 9.17) is 11.6 Å². The molecular weight excluding hydrogens is 382 g/mol. The van der Waals surface area contributed by atoms with Gasteiger partial charge in [0.2, 0.25) is 0 Å². The van der Waals surface area contributed by atoms with Crippen LogP contribution in [-0.4, -0.2) is 30.1 Å². The second kappa shape index (κ2) is 8.32. The van der Waals surface area contributed by atoms with Gasteiger partial charge >= 0.3 is 0 Å². The molecule has 1 fully saturated rings. The minimum absolute atomic E-state index is 0.00387. The number of carbonyl (C=O) groups is 2. The molecule has 0 amide bonds. The van der Waals surface area contributed by atoms with Crippen molar-refractivity contribution >= 4 is 23.2 Å². The first kappa shape index (κ1) is 19.6. The molecule has 3 atom stereocenters. The van der Waals surface area contributed by atoms with Gasteiger partial charge in [-0.05, 0) is 24.7 Å². The molecule has 3 aromatic rings. The summed E-state index contributed by atoms with van der Waals surface area (Å²) in [5.41, 5.74) is 2.28. The summed E-state index contributed by atoms with van der Waals surface area (Å²) in [6.07, 6.45) is 0. The monoisotopic (exact) mass is 403 g/mol. The van der Waals surface area contributed by atoms with E-state index >= 15 is 0 Å². The van der Waals surface area contributed by atoms with Crippen LogP contribution in [0.15, 0.2) is 84.9 Å². The number of hydrogen-bond acceptors (Lipinski definition) is 3. The lowest BCUT2D eigenvalue weighted by Crippen LogP contribution is -2.30. The van der Waals surface area contributed by atoms with Gasteiger partial charge in [0.1, 0.15) is 0 Å². The molecule has 0 saturated carbocycles. The van der Waals surface area contributed by atoms with Crippen molar-refractivity contribution in [3.8, 4) is 0 Å². The summed E-state index contributed by atoms with van der Waals surface area (Å²) in [6, 6.07) is 25.9. The van der Waals surface area contributed by atoms with Crippen molar-refractivity contribution in [1.29, 1.82) is 0 Å². The summed E-state index contributed by atoms with van der Waals surface area (Å²) in [5.74, 6) is -0.848. The molecule has 4 heteroatoms. The van der Waals surface area contributed by atoms with Gasteiger partial charge in [0.15, 0.2) is 11.6 Å². The molecule has 1 aliphatic heterocycles. The van der Waals surface area contributed by atoms with E-state index in [0.717, 1.165) is 5.56 Å². The van der Waals surface area contributed by atoms with Crippen LogP contribution in [0.2, 0.25) is 5.02 Å². The fourth-order valence-electron chi connectivity index (χ4n) is 4.34. The van der Waals surface area contributed by atoms with Gasteiger partial charge in [-0.15, -0.1) is 0 Å². The Morgan fingerprint density at radius 3 is 1.86 bits per heavy atom. The number of halogens is 1. The lowest BCUT2D eigenvalue weighted by Gasteiger charge is -2.26. The summed E-state index contributed by atoms with van der Waals surface area (Å²) < 4.78 is 0. The van der Waals surface area contributed by atoms with Crippen LogP contribution < -0.4 is 0 Å². The number of carbonyl (C=O) groups excluding carboxylic acids is 2. The van der Waals surface area contributed by atoms with Gasteiger partial charge in [0.05, 0.1) is 5.92 Å². The Labute approximate surface area is 175 Å². The van der Waals surface area contributed by atoms with Gasteiger partial charge in [-0.3, -0.25) is 14.5 Å². The lowest BCUT2D eigenvalue weighted by atomic mass is 9.78. The maximum atomic E-state index is 13.6. The highest BCUT2D eigenvalue weighted by Crippen LogP contribution is 2.43. The molecule has 0 spiro atoms. The number of hydrogen-bond donors (Lipinski definition) is 0. The molecule has 1 heterocycles. The molecule has 0 aromatic heterocycles. The molecule has 146 valence electrons. The van der Waals surface area contributed by atoms with E-state index in [1.165, 1.54) is 0 Å². The molecule has 0 bridgehead atoms. The van der Waals surface area contributed by atoms with Crippen molar-refractivity contribution in [2.45, 2.75) is 6.04 Å². The number of rotatable bonds is 5. The van der Waals surface area contributed by atoms with Crippen molar-refractivity contribution in [1.82, 2.24) is 4.90 Å². The number of Topliss-reactive ketones (excluding diaryl/α,β-unsaturated/α-hetero) is 2.